The number of rotatable bonds is 5. The smallest absolute Gasteiger partial charge is 0.274 e. The van der Waals surface area contributed by atoms with E-state index < -0.39 is 4.92 Å². The van der Waals surface area contributed by atoms with Crippen LogP contribution in [0.3, 0.4) is 0 Å². The van der Waals surface area contributed by atoms with E-state index in [1.807, 2.05) is 16.8 Å². The van der Waals surface area contributed by atoms with Crippen LogP contribution < -0.4 is 5.32 Å². The lowest BCUT2D eigenvalue weighted by Gasteiger charge is -2.08. The highest BCUT2D eigenvalue weighted by Gasteiger charge is 2.14. The van der Waals surface area contributed by atoms with Gasteiger partial charge in [-0.15, -0.1) is 0 Å². The van der Waals surface area contributed by atoms with E-state index in [-0.39, 0.29) is 11.6 Å². The van der Waals surface area contributed by atoms with Gasteiger partial charge in [0.15, 0.2) is 0 Å². The molecule has 0 unspecified atom stereocenters. The Balaban J connectivity index is 2.01. The fourth-order valence-electron chi connectivity index (χ4n) is 1.86. The molecule has 0 aliphatic heterocycles. The molecule has 0 spiro atoms. The van der Waals surface area contributed by atoms with Crippen molar-refractivity contribution in [1.82, 2.24) is 0 Å². The van der Waals surface area contributed by atoms with Gasteiger partial charge in [0.25, 0.3) is 5.69 Å². The minimum absolute atomic E-state index is 0.0145. The van der Waals surface area contributed by atoms with Crippen molar-refractivity contribution in [1.29, 1.82) is 0 Å². The van der Waals surface area contributed by atoms with Gasteiger partial charge in [-0.2, -0.15) is 11.3 Å². The zero-order chi connectivity index (χ0) is 14.5. The summed E-state index contributed by atoms with van der Waals surface area (Å²) in [4.78, 5) is 22.3. The average Bonchev–Trinajstić information content (AvgIpc) is 2.91. The molecule has 0 bridgehead atoms. The van der Waals surface area contributed by atoms with Crippen LogP contribution in [0.4, 0.5) is 11.4 Å². The maximum absolute atomic E-state index is 11.9. The van der Waals surface area contributed by atoms with Crippen molar-refractivity contribution in [3.8, 4) is 0 Å². The molecule has 0 fully saturated rings. The Morgan fingerprint density at radius 2 is 2.20 bits per heavy atom. The molecule has 5 nitrogen and oxygen atoms in total. The first-order valence-corrected chi connectivity index (χ1v) is 7.07. The van der Waals surface area contributed by atoms with Crippen molar-refractivity contribution in [2.45, 2.75) is 19.8 Å². The molecular formula is C14H14N2O3S. The van der Waals surface area contributed by atoms with Crippen LogP contribution in [0.15, 0.2) is 35.0 Å². The molecule has 1 amide bonds. The van der Waals surface area contributed by atoms with Crippen LogP contribution in [0.1, 0.15) is 17.5 Å². The number of hydrogen-bond donors (Lipinski definition) is 1. The molecule has 0 atom stereocenters. The van der Waals surface area contributed by atoms with E-state index in [1.54, 1.807) is 30.4 Å². The number of hydrogen-bond acceptors (Lipinski definition) is 4. The predicted octanol–water partition coefficient (Wildman–Crippen LogP) is 3.54. The number of carbonyl (C=O) groups is 1. The van der Waals surface area contributed by atoms with Crippen LogP contribution in [0, 0.1) is 17.0 Å². The number of nitro groups is 1. The second-order valence-electron chi connectivity index (χ2n) is 4.39. The highest BCUT2D eigenvalue weighted by molar-refractivity contribution is 7.07. The number of aryl methyl sites for hydroxylation is 1. The molecule has 0 radical (unpaired) electrons. The Morgan fingerprint density at radius 3 is 2.85 bits per heavy atom. The summed E-state index contributed by atoms with van der Waals surface area (Å²) in [5.74, 6) is -0.139. The molecule has 20 heavy (non-hydrogen) atoms. The largest absolute Gasteiger partial charge is 0.326 e. The van der Waals surface area contributed by atoms with Gasteiger partial charge in [0, 0.05) is 12.5 Å². The Bertz CT molecular complexity index is 623. The number of anilines is 1. The zero-order valence-corrected chi connectivity index (χ0v) is 11.8. The van der Waals surface area contributed by atoms with Gasteiger partial charge in [0.2, 0.25) is 5.91 Å². The highest BCUT2D eigenvalue weighted by atomic mass is 32.1. The van der Waals surface area contributed by atoms with E-state index in [1.165, 1.54) is 6.07 Å². The van der Waals surface area contributed by atoms with Crippen molar-refractivity contribution < 1.29 is 9.72 Å². The SMILES string of the molecule is Cc1c(NC(=O)CCc2ccsc2)cccc1[N+](=O)[O-]. The van der Waals surface area contributed by atoms with Gasteiger partial charge in [-0.25, -0.2) is 0 Å². The van der Waals surface area contributed by atoms with Crippen LogP contribution in [0.2, 0.25) is 0 Å². The Morgan fingerprint density at radius 1 is 1.40 bits per heavy atom. The minimum Gasteiger partial charge on any atom is -0.326 e. The third-order valence-electron chi connectivity index (χ3n) is 3.00. The molecule has 0 saturated carbocycles. The zero-order valence-electron chi connectivity index (χ0n) is 11.0. The summed E-state index contributed by atoms with van der Waals surface area (Å²) < 4.78 is 0. The van der Waals surface area contributed by atoms with E-state index >= 15 is 0 Å². The lowest BCUT2D eigenvalue weighted by Crippen LogP contribution is -2.13. The normalized spacial score (nSPS) is 10.2. The maximum atomic E-state index is 11.9. The monoisotopic (exact) mass is 290 g/mol. The molecule has 104 valence electrons. The number of thiophene rings is 1. The number of nitrogens with one attached hydrogen (secondary N) is 1. The molecular weight excluding hydrogens is 276 g/mol. The maximum Gasteiger partial charge on any atom is 0.274 e. The lowest BCUT2D eigenvalue weighted by atomic mass is 10.1. The summed E-state index contributed by atoms with van der Waals surface area (Å²) in [5, 5.41) is 17.5. The third-order valence-corrected chi connectivity index (χ3v) is 3.73. The summed E-state index contributed by atoms with van der Waals surface area (Å²) >= 11 is 1.60. The number of amides is 1. The highest BCUT2D eigenvalue weighted by Crippen LogP contribution is 2.25. The molecule has 1 heterocycles. The first-order valence-electron chi connectivity index (χ1n) is 6.13. The van der Waals surface area contributed by atoms with Crippen molar-refractivity contribution in [2.24, 2.45) is 0 Å². The molecule has 0 aliphatic rings. The van der Waals surface area contributed by atoms with Gasteiger partial charge in [-0.05, 0) is 41.8 Å². The molecule has 1 N–H and O–H groups in total. The number of nitro benzene ring substituents is 1. The fourth-order valence-corrected chi connectivity index (χ4v) is 2.57. The molecule has 2 rings (SSSR count). The molecule has 6 heteroatoms. The summed E-state index contributed by atoms with van der Waals surface area (Å²) in [6.45, 7) is 1.63. The van der Waals surface area contributed by atoms with E-state index in [4.69, 9.17) is 0 Å². The van der Waals surface area contributed by atoms with Crippen molar-refractivity contribution in [3.63, 3.8) is 0 Å². The van der Waals surface area contributed by atoms with Gasteiger partial charge in [-0.1, -0.05) is 6.07 Å². The van der Waals surface area contributed by atoms with E-state index in [0.717, 1.165) is 5.56 Å². The van der Waals surface area contributed by atoms with Crippen LogP contribution in [-0.4, -0.2) is 10.8 Å². The minimum atomic E-state index is -0.448. The Labute approximate surface area is 120 Å². The van der Waals surface area contributed by atoms with Crippen molar-refractivity contribution in [3.05, 3.63) is 56.3 Å². The topological polar surface area (TPSA) is 72.2 Å². The Kier molecular flexibility index (Phi) is 4.47. The summed E-state index contributed by atoms with van der Waals surface area (Å²) in [6, 6.07) is 6.65. The molecule has 0 saturated heterocycles. The van der Waals surface area contributed by atoms with Gasteiger partial charge in [0.05, 0.1) is 16.2 Å². The molecule has 2 aromatic rings. The van der Waals surface area contributed by atoms with Crippen molar-refractivity contribution in [2.75, 3.05) is 5.32 Å². The van der Waals surface area contributed by atoms with Gasteiger partial charge < -0.3 is 5.32 Å². The number of nitrogens with zero attached hydrogens (tertiary/aromatic N) is 1. The second-order valence-corrected chi connectivity index (χ2v) is 5.17. The molecule has 1 aromatic carbocycles. The van der Waals surface area contributed by atoms with Crippen LogP contribution in [0.25, 0.3) is 0 Å². The summed E-state index contributed by atoms with van der Waals surface area (Å²) in [7, 11) is 0. The first-order chi connectivity index (χ1) is 9.58. The summed E-state index contributed by atoms with van der Waals surface area (Å²) in [5.41, 5.74) is 2.11. The quantitative estimate of drug-likeness (QED) is 0.676. The van der Waals surface area contributed by atoms with E-state index in [9.17, 15) is 14.9 Å². The van der Waals surface area contributed by atoms with Crippen LogP contribution >= 0.6 is 11.3 Å². The van der Waals surface area contributed by atoms with Crippen LogP contribution in [0.5, 0.6) is 0 Å². The molecule has 1 aromatic heterocycles. The van der Waals surface area contributed by atoms with E-state index in [0.29, 0.717) is 24.1 Å². The lowest BCUT2D eigenvalue weighted by molar-refractivity contribution is -0.385. The summed E-state index contributed by atoms with van der Waals surface area (Å²) in [6.07, 6.45) is 1.03. The average molecular weight is 290 g/mol. The second kappa shape index (κ2) is 6.29. The van der Waals surface area contributed by atoms with E-state index in [2.05, 4.69) is 5.32 Å². The van der Waals surface area contributed by atoms with Crippen molar-refractivity contribution >= 4 is 28.6 Å². The Hall–Kier alpha value is -2.21. The van der Waals surface area contributed by atoms with Gasteiger partial charge >= 0.3 is 0 Å². The first kappa shape index (κ1) is 14.2. The van der Waals surface area contributed by atoms with Crippen LogP contribution in [-0.2, 0) is 11.2 Å². The third kappa shape index (κ3) is 3.42. The predicted molar refractivity (Wildman–Crippen MR) is 79.1 cm³/mol. The van der Waals surface area contributed by atoms with Gasteiger partial charge in [-0.3, -0.25) is 14.9 Å². The standard InChI is InChI=1S/C14H14N2O3S/c1-10-12(3-2-4-13(10)16(18)19)15-14(17)6-5-11-7-8-20-9-11/h2-4,7-9H,5-6H2,1H3,(H,15,17). The molecule has 0 aliphatic carbocycles. The van der Waals surface area contributed by atoms with Gasteiger partial charge in [0.1, 0.15) is 0 Å². The fraction of sp³-hybridized carbons (Fsp3) is 0.214. The number of carbonyl (C=O) groups excluding carboxylic acids is 1. The number of benzene rings is 1.